The highest BCUT2D eigenvalue weighted by molar-refractivity contribution is 9.10. The second kappa shape index (κ2) is 5.98. The molecule has 1 aromatic rings. The van der Waals surface area contributed by atoms with E-state index in [9.17, 15) is 10.1 Å². The molecule has 19 heavy (non-hydrogen) atoms. The van der Waals surface area contributed by atoms with Gasteiger partial charge in [0.25, 0.3) is 5.69 Å². The first-order valence-electron chi connectivity index (χ1n) is 6.48. The molecule has 2 unspecified atom stereocenters. The van der Waals surface area contributed by atoms with Crippen molar-refractivity contribution in [2.75, 3.05) is 13.1 Å². The lowest BCUT2D eigenvalue weighted by molar-refractivity contribution is -0.386. The second-order valence-electron chi connectivity index (χ2n) is 4.84. The number of nitro groups is 1. The third-order valence-corrected chi connectivity index (χ3v) is 4.19. The van der Waals surface area contributed by atoms with Gasteiger partial charge >= 0.3 is 0 Å². The van der Waals surface area contributed by atoms with Crippen molar-refractivity contribution in [1.82, 2.24) is 4.90 Å². The maximum absolute atomic E-state index is 11.2. The summed E-state index contributed by atoms with van der Waals surface area (Å²) in [7, 11) is 0. The molecule has 104 valence electrons. The SMILES string of the molecule is CCN1CCCC(N)C1c1ccc(Br)cc1[N+](=O)[O-]. The Morgan fingerprint density at radius 3 is 2.95 bits per heavy atom. The Hall–Kier alpha value is -0.980. The van der Waals surface area contributed by atoms with Crippen molar-refractivity contribution in [3.05, 3.63) is 38.3 Å². The molecule has 1 saturated heterocycles. The van der Waals surface area contributed by atoms with Gasteiger partial charge in [-0.1, -0.05) is 22.9 Å². The van der Waals surface area contributed by atoms with Crippen molar-refractivity contribution >= 4 is 21.6 Å². The van der Waals surface area contributed by atoms with Crippen molar-refractivity contribution in [2.45, 2.75) is 31.8 Å². The molecule has 0 aromatic heterocycles. The van der Waals surface area contributed by atoms with Gasteiger partial charge in [0.15, 0.2) is 0 Å². The van der Waals surface area contributed by atoms with Crippen molar-refractivity contribution in [3.8, 4) is 0 Å². The van der Waals surface area contributed by atoms with E-state index in [1.807, 2.05) is 12.1 Å². The molecule has 5 nitrogen and oxygen atoms in total. The number of benzene rings is 1. The van der Waals surface area contributed by atoms with Gasteiger partial charge in [-0.2, -0.15) is 0 Å². The van der Waals surface area contributed by atoms with Gasteiger partial charge in [0.05, 0.1) is 11.0 Å². The van der Waals surface area contributed by atoms with Crippen molar-refractivity contribution < 1.29 is 4.92 Å². The summed E-state index contributed by atoms with van der Waals surface area (Å²) in [5.41, 5.74) is 7.08. The summed E-state index contributed by atoms with van der Waals surface area (Å²) in [5.74, 6) is 0. The third kappa shape index (κ3) is 2.96. The highest BCUT2D eigenvalue weighted by Crippen LogP contribution is 2.36. The summed E-state index contributed by atoms with van der Waals surface area (Å²) in [5, 5.41) is 11.2. The van der Waals surface area contributed by atoms with E-state index in [1.54, 1.807) is 6.07 Å². The standard InChI is InChI=1S/C13H18BrN3O2/c1-2-16-7-3-4-11(15)13(16)10-6-5-9(14)8-12(10)17(18)19/h5-6,8,11,13H,2-4,7,15H2,1H3. The van der Waals surface area contributed by atoms with Crippen molar-refractivity contribution in [2.24, 2.45) is 5.73 Å². The first-order valence-corrected chi connectivity index (χ1v) is 7.27. The maximum Gasteiger partial charge on any atom is 0.275 e. The number of hydrogen-bond donors (Lipinski definition) is 1. The average Bonchev–Trinajstić information content (AvgIpc) is 2.38. The quantitative estimate of drug-likeness (QED) is 0.684. The van der Waals surface area contributed by atoms with Gasteiger partial charge in [-0.25, -0.2) is 0 Å². The molecule has 1 aliphatic rings. The Bertz CT molecular complexity index is 481. The number of hydrogen-bond acceptors (Lipinski definition) is 4. The zero-order chi connectivity index (χ0) is 14.0. The number of piperidine rings is 1. The van der Waals surface area contributed by atoms with Crippen LogP contribution in [0.2, 0.25) is 0 Å². The van der Waals surface area contributed by atoms with Gasteiger partial charge in [-0.05, 0) is 38.1 Å². The van der Waals surface area contributed by atoms with Gasteiger partial charge in [0.1, 0.15) is 0 Å². The number of likely N-dealkylation sites (tertiary alicyclic amines) is 1. The van der Waals surface area contributed by atoms with Crippen LogP contribution in [0.15, 0.2) is 22.7 Å². The number of halogens is 1. The number of nitro benzene ring substituents is 1. The van der Waals surface area contributed by atoms with Gasteiger partial charge in [-0.3, -0.25) is 15.0 Å². The van der Waals surface area contributed by atoms with Crippen LogP contribution in [-0.4, -0.2) is 29.0 Å². The van der Waals surface area contributed by atoms with E-state index in [2.05, 4.69) is 27.8 Å². The zero-order valence-corrected chi connectivity index (χ0v) is 12.5. The molecule has 2 atom stereocenters. The topological polar surface area (TPSA) is 72.4 Å². The van der Waals surface area contributed by atoms with E-state index in [0.29, 0.717) is 0 Å². The van der Waals surface area contributed by atoms with Crippen LogP contribution in [-0.2, 0) is 0 Å². The Balaban J connectivity index is 2.46. The number of likely N-dealkylation sites (N-methyl/N-ethyl adjacent to an activating group) is 1. The molecule has 0 saturated carbocycles. The van der Waals surface area contributed by atoms with E-state index >= 15 is 0 Å². The Morgan fingerprint density at radius 1 is 1.58 bits per heavy atom. The molecule has 0 bridgehead atoms. The van der Waals surface area contributed by atoms with Crippen LogP contribution in [0.25, 0.3) is 0 Å². The van der Waals surface area contributed by atoms with Crippen LogP contribution < -0.4 is 5.73 Å². The van der Waals surface area contributed by atoms with E-state index in [4.69, 9.17) is 5.73 Å². The van der Waals surface area contributed by atoms with E-state index in [-0.39, 0.29) is 22.7 Å². The van der Waals surface area contributed by atoms with Gasteiger partial charge in [0, 0.05) is 22.1 Å². The molecule has 1 aliphatic heterocycles. The van der Waals surface area contributed by atoms with Crippen LogP contribution in [0.5, 0.6) is 0 Å². The van der Waals surface area contributed by atoms with Crippen LogP contribution in [0, 0.1) is 10.1 Å². The molecular formula is C13H18BrN3O2. The van der Waals surface area contributed by atoms with Gasteiger partial charge in [-0.15, -0.1) is 0 Å². The molecule has 6 heteroatoms. The molecular weight excluding hydrogens is 310 g/mol. The monoisotopic (exact) mass is 327 g/mol. The summed E-state index contributed by atoms with van der Waals surface area (Å²) < 4.78 is 0.718. The minimum Gasteiger partial charge on any atom is -0.326 e. The molecule has 2 rings (SSSR count). The van der Waals surface area contributed by atoms with Gasteiger partial charge in [0.2, 0.25) is 0 Å². The van der Waals surface area contributed by atoms with Gasteiger partial charge < -0.3 is 5.73 Å². The van der Waals surface area contributed by atoms with Crippen LogP contribution in [0.1, 0.15) is 31.4 Å². The highest BCUT2D eigenvalue weighted by atomic mass is 79.9. The molecule has 0 radical (unpaired) electrons. The van der Waals surface area contributed by atoms with E-state index in [0.717, 1.165) is 36.0 Å². The highest BCUT2D eigenvalue weighted by Gasteiger charge is 2.33. The van der Waals surface area contributed by atoms with E-state index in [1.165, 1.54) is 0 Å². The fourth-order valence-corrected chi connectivity index (χ4v) is 3.15. The number of nitrogens with two attached hydrogens (primary N) is 1. The maximum atomic E-state index is 11.2. The number of nitrogens with zero attached hydrogens (tertiary/aromatic N) is 2. The fourth-order valence-electron chi connectivity index (χ4n) is 2.81. The molecule has 1 heterocycles. The molecule has 1 fully saturated rings. The molecule has 1 aromatic carbocycles. The predicted octanol–water partition coefficient (Wildman–Crippen LogP) is 2.84. The summed E-state index contributed by atoms with van der Waals surface area (Å²) in [6.45, 7) is 3.86. The largest absolute Gasteiger partial charge is 0.326 e. The second-order valence-corrected chi connectivity index (χ2v) is 5.76. The molecule has 0 amide bonds. The zero-order valence-electron chi connectivity index (χ0n) is 10.9. The number of rotatable bonds is 3. The first kappa shape index (κ1) is 14.4. The van der Waals surface area contributed by atoms with Crippen molar-refractivity contribution in [1.29, 1.82) is 0 Å². The Kier molecular flexibility index (Phi) is 4.54. The summed E-state index contributed by atoms with van der Waals surface area (Å²) in [6, 6.07) is 5.11. The normalized spacial score (nSPS) is 24.4. The lowest BCUT2D eigenvalue weighted by Gasteiger charge is -2.39. The average molecular weight is 328 g/mol. The lowest BCUT2D eigenvalue weighted by atomic mass is 9.90. The molecule has 2 N–H and O–H groups in total. The Morgan fingerprint density at radius 2 is 2.32 bits per heavy atom. The van der Waals surface area contributed by atoms with Crippen molar-refractivity contribution in [3.63, 3.8) is 0 Å². The lowest BCUT2D eigenvalue weighted by Crippen LogP contribution is -2.45. The minimum absolute atomic E-state index is 0.0476. The Labute approximate surface area is 121 Å². The van der Waals surface area contributed by atoms with Crippen LogP contribution >= 0.6 is 15.9 Å². The minimum atomic E-state index is -0.324. The van der Waals surface area contributed by atoms with Crippen LogP contribution in [0.4, 0.5) is 5.69 Å². The smallest absolute Gasteiger partial charge is 0.275 e. The molecule has 0 aliphatic carbocycles. The summed E-state index contributed by atoms with van der Waals surface area (Å²) >= 11 is 3.29. The van der Waals surface area contributed by atoms with E-state index < -0.39 is 0 Å². The predicted molar refractivity (Wildman–Crippen MR) is 78.0 cm³/mol. The first-order chi connectivity index (χ1) is 9.04. The van der Waals surface area contributed by atoms with Crippen LogP contribution in [0.3, 0.4) is 0 Å². The third-order valence-electron chi connectivity index (χ3n) is 3.70. The fraction of sp³-hybridized carbons (Fsp3) is 0.538. The summed E-state index contributed by atoms with van der Waals surface area (Å²) in [4.78, 5) is 13.1. The molecule has 0 spiro atoms. The summed E-state index contributed by atoms with van der Waals surface area (Å²) in [6.07, 6.45) is 1.96.